The Bertz CT molecular complexity index is 614. The first-order valence-corrected chi connectivity index (χ1v) is 9.25. The molecule has 0 bridgehead atoms. The highest BCUT2D eigenvalue weighted by Gasteiger charge is 2.45. The van der Waals surface area contributed by atoms with Crippen LogP contribution >= 0.6 is 8.15 Å². The highest BCUT2D eigenvalue weighted by Crippen LogP contribution is 2.39. The minimum absolute atomic E-state index is 0.487. The van der Waals surface area contributed by atoms with E-state index in [1.54, 1.807) is 0 Å². The van der Waals surface area contributed by atoms with Crippen molar-refractivity contribution in [2.75, 3.05) is 6.61 Å². The molecule has 1 fully saturated rings. The lowest BCUT2D eigenvalue weighted by Crippen LogP contribution is -2.59. The van der Waals surface area contributed by atoms with Crippen molar-refractivity contribution in [3.8, 4) is 0 Å². The molecular weight excluding hydrogens is 343 g/mol. The van der Waals surface area contributed by atoms with E-state index in [1.807, 2.05) is 60.7 Å². The van der Waals surface area contributed by atoms with Gasteiger partial charge in [-0.15, -0.1) is 0 Å². The zero-order valence-corrected chi connectivity index (χ0v) is 14.3. The maximum atomic E-state index is 10.2. The SMILES string of the molecule is OC[C@H]1O[C@@H](OP(c2ccccc2)c2ccccc2)[C@H](O)[C@@H](O)[C@@H]1O. The first-order chi connectivity index (χ1) is 12.1. The Hall–Kier alpha value is -1.37. The van der Waals surface area contributed by atoms with E-state index in [0.717, 1.165) is 10.6 Å². The highest BCUT2D eigenvalue weighted by molar-refractivity contribution is 7.68. The second-order valence-corrected chi connectivity index (χ2v) is 7.60. The largest absolute Gasteiger partial charge is 0.394 e. The van der Waals surface area contributed by atoms with Crippen LogP contribution < -0.4 is 10.6 Å². The number of ether oxygens (including phenoxy) is 1. The molecule has 0 spiro atoms. The predicted molar refractivity (Wildman–Crippen MR) is 93.9 cm³/mol. The molecule has 0 saturated carbocycles. The Labute approximate surface area is 147 Å². The van der Waals surface area contributed by atoms with Crippen molar-refractivity contribution in [2.24, 2.45) is 0 Å². The molecule has 134 valence electrons. The van der Waals surface area contributed by atoms with Crippen LogP contribution in [0.15, 0.2) is 60.7 Å². The van der Waals surface area contributed by atoms with Gasteiger partial charge >= 0.3 is 0 Å². The zero-order valence-electron chi connectivity index (χ0n) is 13.4. The molecule has 3 rings (SSSR count). The number of benzene rings is 2. The van der Waals surface area contributed by atoms with E-state index in [0.29, 0.717) is 0 Å². The van der Waals surface area contributed by atoms with Gasteiger partial charge in [0, 0.05) is 10.6 Å². The summed E-state index contributed by atoms with van der Waals surface area (Å²) in [6.07, 6.45) is -6.44. The lowest BCUT2D eigenvalue weighted by atomic mass is 10.00. The summed E-state index contributed by atoms with van der Waals surface area (Å²) in [5.74, 6) is 0. The monoisotopic (exact) mass is 364 g/mol. The summed E-state index contributed by atoms with van der Waals surface area (Å²) >= 11 is 0. The number of aliphatic hydroxyl groups excluding tert-OH is 4. The number of aliphatic hydroxyl groups is 4. The molecule has 6 nitrogen and oxygen atoms in total. The van der Waals surface area contributed by atoms with E-state index in [-0.39, 0.29) is 0 Å². The Balaban J connectivity index is 1.87. The fraction of sp³-hybridized carbons (Fsp3) is 0.333. The molecule has 7 heteroatoms. The third kappa shape index (κ3) is 4.07. The molecule has 25 heavy (non-hydrogen) atoms. The summed E-state index contributed by atoms with van der Waals surface area (Å²) in [6.45, 7) is -0.487. The summed E-state index contributed by atoms with van der Waals surface area (Å²) < 4.78 is 11.5. The van der Waals surface area contributed by atoms with Gasteiger partial charge in [0.05, 0.1) is 14.8 Å². The van der Waals surface area contributed by atoms with E-state index in [2.05, 4.69) is 0 Å². The normalized spacial score (nSPS) is 29.7. The van der Waals surface area contributed by atoms with Crippen molar-refractivity contribution in [3.63, 3.8) is 0 Å². The third-order valence-corrected chi connectivity index (χ3v) is 5.99. The van der Waals surface area contributed by atoms with Crippen molar-refractivity contribution < 1.29 is 29.7 Å². The van der Waals surface area contributed by atoms with Gasteiger partial charge in [0.15, 0.2) is 6.29 Å². The number of rotatable bonds is 5. The van der Waals surface area contributed by atoms with Gasteiger partial charge < -0.3 is 29.7 Å². The second kappa shape index (κ2) is 8.34. The first kappa shape index (κ1) is 18.4. The van der Waals surface area contributed by atoms with E-state index < -0.39 is 45.5 Å². The maximum Gasteiger partial charge on any atom is 0.191 e. The van der Waals surface area contributed by atoms with Crippen LogP contribution in [0, 0.1) is 0 Å². The standard InChI is InChI=1S/C18H21O6P/c19-11-14-15(20)16(21)17(22)18(23-14)24-25(12-7-3-1-4-8-12)13-9-5-2-6-10-13/h1-10,14-22H,11H2/t14-,15-,16+,17-,18+/m1/s1. The van der Waals surface area contributed by atoms with Crippen molar-refractivity contribution in [3.05, 3.63) is 60.7 Å². The Morgan fingerprint density at radius 3 is 1.80 bits per heavy atom. The Morgan fingerprint density at radius 1 is 0.800 bits per heavy atom. The maximum absolute atomic E-state index is 10.2. The summed E-state index contributed by atoms with van der Waals surface area (Å²) in [7, 11) is -1.32. The molecule has 2 aromatic rings. The van der Waals surface area contributed by atoms with Crippen molar-refractivity contribution in [1.29, 1.82) is 0 Å². The quantitative estimate of drug-likeness (QED) is 0.551. The van der Waals surface area contributed by atoms with Crippen molar-refractivity contribution in [1.82, 2.24) is 0 Å². The van der Waals surface area contributed by atoms with Crippen LogP contribution in [0.3, 0.4) is 0 Å². The van der Waals surface area contributed by atoms with E-state index >= 15 is 0 Å². The van der Waals surface area contributed by atoms with Gasteiger partial charge in [-0.25, -0.2) is 0 Å². The molecule has 0 radical (unpaired) electrons. The van der Waals surface area contributed by atoms with Crippen LogP contribution in [0.1, 0.15) is 0 Å². The summed E-state index contributed by atoms with van der Waals surface area (Å²) in [4.78, 5) is 0. The average molecular weight is 364 g/mol. The van der Waals surface area contributed by atoms with Crippen LogP contribution in [0.25, 0.3) is 0 Å². The van der Waals surface area contributed by atoms with E-state index in [9.17, 15) is 20.4 Å². The number of hydrogen-bond acceptors (Lipinski definition) is 6. The molecular formula is C18H21O6P. The minimum atomic E-state index is -1.46. The van der Waals surface area contributed by atoms with Gasteiger partial charge in [0.25, 0.3) is 0 Å². The third-order valence-electron chi connectivity index (χ3n) is 4.04. The molecule has 0 aromatic heterocycles. The molecule has 1 aliphatic rings. The molecule has 1 heterocycles. The molecule has 2 aromatic carbocycles. The molecule has 4 N–H and O–H groups in total. The molecule has 0 aliphatic carbocycles. The first-order valence-electron chi connectivity index (χ1n) is 7.99. The van der Waals surface area contributed by atoms with Crippen LogP contribution in [-0.2, 0) is 9.26 Å². The van der Waals surface area contributed by atoms with E-state index in [4.69, 9.17) is 9.26 Å². The number of hydrogen-bond donors (Lipinski definition) is 4. The van der Waals surface area contributed by atoms with Gasteiger partial charge in [0.1, 0.15) is 24.4 Å². The van der Waals surface area contributed by atoms with Gasteiger partial charge in [-0.2, -0.15) is 0 Å². The van der Waals surface area contributed by atoms with Gasteiger partial charge in [-0.3, -0.25) is 0 Å². The molecule has 1 aliphatic heterocycles. The molecule has 0 amide bonds. The predicted octanol–water partition coefficient (Wildman–Crippen LogP) is -0.149. The van der Waals surface area contributed by atoms with Crippen LogP contribution in [0.2, 0.25) is 0 Å². The van der Waals surface area contributed by atoms with Crippen molar-refractivity contribution in [2.45, 2.75) is 30.7 Å². The average Bonchev–Trinajstić information content (AvgIpc) is 2.67. The molecule has 5 atom stereocenters. The lowest BCUT2D eigenvalue weighted by Gasteiger charge is -2.40. The topological polar surface area (TPSA) is 99.4 Å². The fourth-order valence-corrected chi connectivity index (χ4v) is 4.47. The minimum Gasteiger partial charge on any atom is -0.394 e. The van der Waals surface area contributed by atoms with Crippen LogP contribution in [-0.4, -0.2) is 57.7 Å². The van der Waals surface area contributed by atoms with Crippen LogP contribution in [0.4, 0.5) is 0 Å². The smallest absolute Gasteiger partial charge is 0.191 e. The van der Waals surface area contributed by atoms with E-state index in [1.165, 1.54) is 0 Å². The molecule has 1 saturated heterocycles. The highest BCUT2D eigenvalue weighted by atomic mass is 31.1. The van der Waals surface area contributed by atoms with Crippen LogP contribution in [0.5, 0.6) is 0 Å². The second-order valence-electron chi connectivity index (χ2n) is 5.77. The van der Waals surface area contributed by atoms with Gasteiger partial charge in [0.2, 0.25) is 0 Å². The summed E-state index contributed by atoms with van der Waals surface area (Å²) in [5, 5.41) is 41.2. The zero-order chi connectivity index (χ0) is 17.8. The lowest BCUT2D eigenvalue weighted by molar-refractivity contribution is -0.275. The summed E-state index contributed by atoms with van der Waals surface area (Å²) in [5.41, 5.74) is 0. The Kier molecular flexibility index (Phi) is 6.15. The van der Waals surface area contributed by atoms with Gasteiger partial charge in [-0.1, -0.05) is 60.7 Å². The molecule has 0 unspecified atom stereocenters. The van der Waals surface area contributed by atoms with Crippen molar-refractivity contribution >= 4 is 18.8 Å². The summed E-state index contributed by atoms with van der Waals surface area (Å²) in [6, 6.07) is 19.0. The fourth-order valence-electron chi connectivity index (χ4n) is 2.66. The van der Waals surface area contributed by atoms with Gasteiger partial charge in [-0.05, 0) is 0 Å². The Morgan fingerprint density at radius 2 is 1.32 bits per heavy atom.